The predicted molar refractivity (Wildman–Crippen MR) is 128 cm³/mol. The molecule has 0 fully saturated rings. The van der Waals surface area contributed by atoms with Crippen molar-refractivity contribution in [2.24, 2.45) is 0 Å². The second-order valence-corrected chi connectivity index (χ2v) is 9.05. The Bertz CT molecular complexity index is 1260. The average Bonchev–Trinajstić information content (AvgIpc) is 3.24. The van der Waals surface area contributed by atoms with Crippen LogP contribution in [0.1, 0.15) is 17.2 Å². The number of carbonyl (C=O) groups excluding carboxylic acids is 1. The van der Waals surface area contributed by atoms with Crippen LogP contribution in [0.5, 0.6) is 0 Å². The maximum atomic E-state index is 13.4. The van der Waals surface area contributed by atoms with Gasteiger partial charge in [0.2, 0.25) is 11.1 Å². The van der Waals surface area contributed by atoms with E-state index in [-0.39, 0.29) is 11.9 Å². The molecule has 0 aliphatic carbocycles. The molecule has 1 amide bonds. The quantitative estimate of drug-likeness (QED) is 0.431. The molecule has 0 saturated heterocycles. The Hall–Kier alpha value is -3.29. The summed E-state index contributed by atoms with van der Waals surface area (Å²) in [5, 5.41) is 12.3. The van der Waals surface area contributed by atoms with E-state index < -0.39 is 5.25 Å². The van der Waals surface area contributed by atoms with Crippen LogP contribution in [-0.4, -0.2) is 26.0 Å². The van der Waals surface area contributed by atoms with Gasteiger partial charge in [-0.25, -0.2) is 4.68 Å². The molecule has 1 aliphatic rings. The van der Waals surface area contributed by atoms with Crippen molar-refractivity contribution >= 4 is 35.0 Å². The smallest absolute Gasteiger partial charge is 0.240 e. The zero-order chi connectivity index (χ0) is 22.1. The van der Waals surface area contributed by atoms with Crippen molar-refractivity contribution in [2.45, 2.75) is 23.4 Å². The van der Waals surface area contributed by atoms with Gasteiger partial charge in [-0.2, -0.15) is 0 Å². The third-order valence-electron chi connectivity index (χ3n) is 5.30. The molecule has 2 heterocycles. The van der Waals surface area contributed by atoms with E-state index in [0.29, 0.717) is 21.7 Å². The highest BCUT2D eigenvalue weighted by atomic mass is 35.5. The Labute approximate surface area is 195 Å². The molecule has 5 rings (SSSR count). The fourth-order valence-electron chi connectivity index (χ4n) is 3.62. The van der Waals surface area contributed by atoms with Gasteiger partial charge in [-0.3, -0.25) is 4.79 Å². The molecule has 1 aromatic heterocycles. The summed E-state index contributed by atoms with van der Waals surface area (Å²) in [4.78, 5) is 13.4. The number of hydrogen-bond acceptors (Lipinski definition) is 5. The SMILES string of the molecule is Cc1ccc([C@@H]2Nn3c(nnc3-c3ccccc3)S[C@@H]2C(=O)Nc2ccccc2Cl)cc1. The van der Waals surface area contributed by atoms with Crippen LogP contribution in [0.4, 0.5) is 5.69 Å². The van der Waals surface area contributed by atoms with Crippen molar-refractivity contribution < 1.29 is 4.79 Å². The number of nitrogens with one attached hydrogen (secondary N) is 2. The molecule has 32 heavy (non-hydrogen) atoms. The zero-order valence-electron chi connectivity index (χ0n) is 17.2. The number of rotatable bonds is 4. The van der Waals surface area contributed by atoms with Gasteiger partial charge in [-0.1, -0.05) is 95.7 Å². The molecule has 6 nitrogen and oxygen atoms in total. The number of aryl methyl sites for hydroxylation is 1. The standard InChI is InChI=1S/C24H20ClN5OS/c1-15-11-13-16(14-12-15)20-21(23(31)26-19-10-6-5-9-18(19)25)32-24-28-27-22(30(24)29-20)17-7-3-2-4-8-17/h2-14,20-21,29H,1H3,(H,26,31)/t20-,21-/m0/s1. The molecule has 3 aromatic carbocycles. The van der Waals surface area contributed by atoms with Crippen molar-refractivity contribution in [2.75, 3.05) is 10.7 Å². The van der Waals surface area contributed by atoms with Gasteiger partial charge in [-0.15, -0.1) is 10.2 Å². The van der Waals surface area contributed by atoms with E-state index in [1.54, 1.807) is 12.1 Å². The first-order valence-electron chi connectivity index (χ1n) is 10.2. The number of carbonyl (C=O) groups is 1. The van der Waals surface area contributed by atoms with Gasteiger partial charge >= 0.3 is 0 Å². The van der Waals surface area contributed by atoms with Crippen LogP contribution in [-0.2, 0) is 4.79 Å². The fraction of sp³-hybridized carbons (Fsp3) is 0.125. The summed E-state index contributed by atoms with van der Waals surface area (Å²) in [7, 11) is 0. The minimum absolute atomic E-state index is 0.156. The number of halogens is 1. The molecule has 2 atom stereocenters. The van der Waals surface area contributed by atoms with E-state index in [1.807, 2.05) is 78.3 Å². The number of para-hydroxylation sites is 1. The number of thioether (sulfide) groups is 1. The Balaban J connectivity index is 1.52. The zero-order valence-corrected chi connectivity index (χ0v) is 18.8. The third-order valence-corrected chi connectivity index (χ3v) is 6.84. The number of amides is 1. The number of benzene rings is 3. The lowest BCUT2D eigenvalue weighted by Gasteiger charge is -2.33. The summed E-state index contributed by atoms with van der Waals surface area (Å²) in [5.41, 5.74) is 7.17. The lowest BCUT2D eigenvalue weighted by molar-refractivity contribution is -0.116. The molecule has 8 heteroatoms. The van der Waals surface area contributed by atoms with Gasteiger partial charge in [0.25, 0.3) is 0 Å². The van der Waals surface area contributed by atoms with Crippen LogP contribution in [0.25, 0.3) is 11.4 Å². The lowest BCUT2D eigenvalue weighted by Crippen LogP contribution is -2.41. The molecule has 1 aliphatic heterocycles. The summed E-state index contributed by atoms with van der Waals surface area (Å²) < 4.78 is 1.86. The van der Waals surface area contributed by atoms with E-state index in [0.717, 1.165) is 16.7 Å². The van der Waals surface area contributed by atoms with Crippen LogP contribution in [0.15, 0.2) is 84.0 Å². The highest BCUT2D eigenvalue weighted by Crippen LogP contribution is 2.39. The molecular weight excluding hydrogens is 442 g/mol. The summed E-state index contributed by atoms with van der Waals surface area (Å²) in [6.45, 7) is 2.04. The van der Waals surface area contributed by atoms with Crippen molar-refractivity contribution in [3.8, 4) is 11.4 Å². The molecule has 0 spiro atoms. The minimum Gasteiger partial charge on any atom is -0.324 e. The maximum absolute atomic E-state index is 13.4. The number of fused-ring (bicyclic) bond motifs is 1. The van der Waals surface area contributed by atoms with Crippen molar-refractivity contribution in [3.63, 3.8) is 0 Å². The van der Waals surface area contributed by atoms with Crippen LogP contribution < -0.4 is 10.7 Å². The monoisotopic (exact) mass is 461 g/mol. The highest BCUT2D eigenvalue weighted by Gasteiger charge is 2.38. The highest BCUT2D eigenvalue weighted by molar-refractivity contribution is 8.00. The van der Waals surface area contributed by atoms with Crippen molar-refractivity contribution in [1.82, 2.24) is 14.9 Å². The lowest BCUT2D eigenvalue weighted by atomic mass is 10.0. The summed E-state index contributed by atoms with van der Waals surface area (Å²) in [6.07, 6.45) is 0. The van der Waals surface area contributed by atoms with Crippen LogP contribution in [0.2, 0.25) is 5.02 Å². The Morgan fingerprint density at radius 3 is 2.47 bits per heavy atom. The largest absolute Gasteiger partial charge is 0.324 e. The minimum atomic E-state index is -0.477. The third kappa shape index (κ3) is 3.97. The second-order valence-electron chi connectivity index (χ2n) is 7.53. The van der Waals surface area contributed by atoms with Gasteiger partial charge in [0.15, 0.2) is 5.82 Å². The number of hydrogen-bond donors (Lipinski definition) is 2. The van der Waals surface area contributed by atoms with Gasteiger partial charge in [-0.05, 0) is 24.6 Å². The van der Waals surface area contributed by atoms with Gasteiger partial charge in [0.1, 0.15) is 5.25 Å². The number of nitrogens with zero attached hydrogens (tertiary/aromatic N) is 3. The summed E-state index contributed by atoms with van der Waals surface area (Å²) >= 11 is 7.65. The fourth-order valence-corrected chi connectivity index (χ4v) is 4.88. The van der Waals surface area contributed by atoms with Gasteiger partial charge in [0.05, 0.1) is 16.8 Å². The first-order chi connectivity index (χ1) is 15.6. The van der Waals surface area contributed by atoms with E-state index in [1.165, 1.54) is 11.8 Å². The van der Waals surface area contributed by atoms with Gasteiger partial charge < -0.3 is 10.7 Å². The summed E-state index contributed by atoms with van der Waals surface area (Å²) in [5.74, 6) is 0.548. The van der Waals surface area contributed by atoms with E-state index >= 15 is 0 Å². The Morgan fingerprint density at radius 1 is 1.00 bits per heavy atom. The Kier molecular flexibility index (Phi) is 5.59. The first kappa shape index (κ1) is 20.6. The normalized spacial score (nSPS) is 17.3. The predicted octanol–water partition coefficient (Wildman–Crippen LogP) is 5.30. The average molecular weight is 462 g/mol. The molecule has 0 saturated carbocycles. The van der Waals surface area contributed by atoms with E-state index in [2.05, 4.69) is 20.9 Å². The molecular formula is C24H20ClN5OS. The van der Waals surface area contributed by atoms with E-state index in [9.17, 15) is 4.79 Å². The van der Waals surface area contributed by atoms with Crippen LogP contribution in [0.3, 0.4) is 0 Å². The van der Waals surface area contributed by atoms with Crippen LogP contribution >= 0.6 is 23.4 Å². The molecule has 160 valence electrons. The number of aromatic nitrogens is 3. The molecule has 2 N–H and O–H groups in total. The maximum Gasteiger partial charge on any atom is 0.240 e. The summed E-state index contributed by atoms with van der Waals surface area (Å²) in [6, 6.07) is 25.0. The number of anilines is 1. The molecule has 0 unspecified atom stereocenters. The second kappa shape index (κ2) is 8.68. The van der Waals surface area contributed by atoms with E-state index in [4.69, 9.17) is 11.6 Å². The molecule has 0 radical (unpaired) electrons. The van der Waals surface area contributed by atoms with Crippen molar-refractivity contribution in [3.05, 3.63) is 95.0 Å². The topological polar surface area (TPSA) is 71.8 Å². The molecule has 0 bridgehead atoms. The molecule has 4 aromatic rings. The van der Waals surface area contributed by atoms with Crippen molar-refractivity contribution in [1.29, 1.82) is 0 Å². The first-order valence-corrected chi connectivity index (χ1v) is 11.4. The van der Waals surface area contributed by atoms with Gasteiger partial charge in [0, 0.05) is 5.56 Å². The Morgan fingerprint density at radius 2 is 1.72 bits per heavy atom. The van der Waals surface area contributed by atoms with Crippen LogP contribution in [0, 0.1) is 6.92 Å².